The third-order valence-electron chi connectivity index (χ3n) is 5.01. The molecule has 0 saturated heterocycles. The van der Waals surface area contributed by atoms with Crippen LogP contribution >= 0.6 is 11.3 Å². The largest absolute Gasteiger partial charge is 0.469 e. The minimum absolute atomic E-state index is 0.159. The van der Waals surface area contributed by atoms with Crippen LogP contribution in [0.5, 0.6) is 0 Å². The Bertz CT molecular complexity index is 805. The van der Waals surface area contributed by atoms with Crippen molar-refractivity contribution in [3.8, 4) is 0 Å². The monoisotopic (exact) mass is 446 g/mol. The van der Waals surface area contributed by atoms with Gasteiger partial charge in [-0.3, -0.25) is 0 Å². The van der Waals surface area contributed by atoms with E-state index in [-0.39, 0.29) is 12.1 Å². The molecule has 0 aromatic carbocycles. The van der Waals surface area contributed by atoms with E-state index in [1.165, 1.54) is 4.88 Å². The third kappa shape index (κ3) is 8.65. The van der Waals surface area contributed by atoms with Gasteiger partial charge in [0.05, 0.1) is 12.8 Å². The second kappa shape index (κ2) is 11.2. The number of nitrogens with one attached hydrogen (secondary N) is 3. The summed E-state index contributed by atoms with van der Waals surface area (Å²) < 4.78 is 10.8. The van der Waals surface area contributed by atoms with Gasteiger partial charge in [-0.15, -0.1) is 11.3 Å². The van der Waals surface area contributed by atoms with Gasteiger partial charge in [-0.25, -0.2) is 9.79 Å². The molecule has 2 heterocycles. The summed E-state index contributed by atoms with van der Waals surface area (Å²) in [6.07, 6.45) is 5.95. The Hall–Kier alpha value is -2.48. The number of ether oxygens (including phenoxy) is 1. The van der Waals surface area contributed by atoms with E-state index >= 15 is 0 Å². The molecule has 2 aromatic heterocycles. The average Bonchev–Trinajstić information content (AvgIpc) is 3.40. The molecule has 7 nitrogen and oxygen atoms in total. The Balaban J connectivity index is 1.47. The number of thiophene rings is 1. The molecule has 1 aliphatic rings. The lowest BCUT2D eigenvalue weighted by Gasteiger charge is -2.31. The lowest BCUT2D eigenvalue weighted by Crippen LogP contribution is -2.48. The van der Waals surface area contributed by atoms with Gasteiger partial charge in [-0.2, -0.15) is 0 Å². The number of rotatable bonds is 7. The maximum absolute atomic E-state index is 12.0. The molecule has 0 aliphatic heterocycles. The normalized spacial score (nSPS) is 19.6. The summed E-state index contributed by atoms with van der Waals surface area (Å²) >= 11 is 1.71. The van der Waals surface area contributed by atoms with E-state index in [0.717, 1.165) is 50.4 Å². The van der Waals surface area contributed by atoms with Crippen LogP contribution in [0, 0.1) is 0 Å². The summed E-state index contributed by atoms with van der Waals surface area (Å²) in [5.41, 5.74) is -0.474. The van der Waals surface area contributed by atoms with Crippen LogP contribution in [0.1, 0.15) is 57.1 Å². The van der Waals surface area contributed by atoms with E-state index in [1.807, 2.05) is 39.0 Å². The van der Waals surface area contributed by atoms with Crippen molar-refractivity contribution in [3.05, 3.63) is 46.5 Å². The van der Waals surface area contributed by atoms with Gasteiger partial charge in [-0.05, 0) is 70.0 Å². The molecule has 2 aromatic rings. The van der Waals surface area contributed by atoms with E-state index in [9.17, 15) is 4.79 Å². The highest BCUT2D eigenvalue weighted by Gasteiger charge is 2.25. The van der Waals surface area contributed by atoms with Gasteiger partial charge in [-0.1, -0.05) is 6.07 Å². The van der Waals surface area contributed by atoms with Gasteiger partial charge in [0.15, 0.2) is 5.96 Å². The topological polar surface area (TPSA) is 87.9 Å². The second-order valence-corrected chi connectivity index (χ2v) is 9.87. The molecular formula is C23H34N4O3S. The lowest BCUT2D eigenvalue weighted by molar-refractivity contribution is 0.0490. The number of alkyl carbamates (subject to hydrolysis) is 1. The molecule has 1 fully saturated rings. The van der Waals surface area contributed by atoms with Crippen molar-refractivity contribution in [1.29, 1.82) is 0 Å². The summed E-state index contributed by atoms with van der Waals surface area (Å²) in [5, 5.41) is 12.1. The van der Waals surface area contributed by atoms with Crippen LogP contribution in [0.3, 0.4) is 0 Å². The highest BCUT2D eigenvalue weighted by molar-refractivity contribution is 7.09. The number of hydrogen-bond acceptors (Lipinski definition) is 5. The van der Waals surface area contributed by atoms with E-state index in [4.69, 9.17) is 14.1 Å². The number of carbonyl (C=O) groups is 1. The minimum Gasteiger partial charge on any atom is -0.469 e. The van der Waals surface area contributed by atoms with Crippen LogP contribution in [0.25, 0.3) is 0 Å². The Morgan fingerprint density at radius 2 is 1.90 bits per heavy atom. The molecule has 1 saturated carbocycles. The van der Waals surface area contributed by atoms with Gasteiger partial charge in [0.1, 0.15) is 11.4 Å². The Kier molecular flexibility index (Phi) is 8.40. The molecule has 0 radical (unpaired) electrons. The van der Waals surface area contributed by atoms with Crippen LogP contribution in [0.15, 0.2) is 45.3 Å². The Labute approximate surface area is 188 Å². The third-order valence-corrected chi connectivity index (χ3v) is 5.87. The quantitative estimate of drug-likeness (QED) is 0.432. The molecule has 170 valence electrons. The predicted molar refractivity (Wildman–Crippen MR) is 124 cm³/mol. The van der Waals surface area contributed by atoms with Crippen molar-refractivity contribution >= 4 is 23.4 Å². The van der Waals surface area contributed by atoms with Crippen LogP contribution in [0.2, 0.25) is 0 Å². The number of carbonyl (C=O) groups excluding carboxylic acids is 1. The Morgan fingerprint density at radius 1 is 1.16 bits per heavy atom. The highest BCUT2D eigenvalue weighted by Crippen LogP contribution is 2.19. The number of nitrogens with zero attached hydrogens (tertiary/aromatic N) is 1. The molecule has 3 N–H and O–H groups in total. The van der Waals surface area contributed by atoms with Crippen molar-refractivity contribution in [1.82, 2.24) is 16.0 Å². The molecule has 8 heteroatoms. The molecule has 0 spiro atoms. The van der Waals surface area contributed by atoms with Gasteiger partial charge in [0.25, 0.3) is 0 Å². The van der Waals surface area contributed by atoms with Gasteiger partial charge < -0.3 is 25.1 Å². The first kappa shape index (κ1) is 23.2. The van der Waals surface area contributed by atoms with Crippen molar-refractivity contribution in [2.45, 2.75) is 77.1 Å². The number of furan rings is 1. The number of hydrogen-bond donors (Lipinski definition) is 3. The second-order valence-electron chi connectivity index (χ2n) is 8.84. The predicted octanol–water partition coefficient (Wildman–Crippen LogP) is 4.45. The first-order valence-electron chi connectivity index (χ1n) is 11.0. The molecule has 0 unspecified atom stereocenters. The fourth-order valence-electron chi connectivity index (χ4n) is 3.52. The SMILES string of the molecule is CC(C)(C)OC(=O)NC1CCC(NC(=NCc2cccs2)NCCc2ccco2)CC1. The summed E-state index contributed by atoms with van der Waals surface area (Å²) in [7, 11) is 0. The van der Waals surface area contributed by atoms with E-state index in [2.05, 4.69) is 27.4 Å². The number of guanidine groups is 1. The molecule has 1 amide bonds. The maximum atomic E-state index is 12.0. The van der Waals surface area contributed by atoms with E-state index in [0.29, 0.717) is 12.6 Å². The van der Waals surface area contributed by atoms with Crippen LogP contribution in [-0.4, -0.2) is 36.3 Å². The number of amides is 1. The zero-order valence-corrected chi connectivity index (χ0v) is 19.5. The van der Waals surface area contributed by atoms with Crippen molar-refractivity contribution < 1.29 is 13.9 Å². The fraction of sp³-hybridized carbons (Fsp3) is 0.565. The van der Waals surface area contributed by atoms with Crippen molar-refractivity contribution in [2.75, 3.05) is 6.54 Å². The highest BCUT2D eigenvalue weighted by atomic mass is 32.1. The van der Waals surface area contributed by atoms with Gasteiger partial charge in [0, 0.05) is 29.9 Å². The maximum Gasteiger partial charge on any atom is 0.407 e. The van der Waals surface area contributed by atoms with Crippen molar-refractivity contribution in [3.63, 3.8) is 0 Å². The number of aliphatic imine (C=N–C) groups is 1. The van der Waals surface area contributed by atoms with E-state index < -0.39 is 5.60 Å². The zero-order valence-electron chi connectivity index (χ0n) is 18.6. The molecule has 1 aliphatic carbocycles. The molecule has 31 heavy (non-hydrogen) atoms. The molecule has 0 atom stereocenters. The van der Waals surface area contributed by atoms with Gasteiger partial charge in [0.2, 0.25) is 0 Å². The molecule has 3 rings (SSSR count). The van der Waals surface area contributed by atoms with Crippen LogP contribution in [0.4, 0.5) is 4.79 Å². The fourth-order valence-corrected chi connectivity index (χ4v) is 4.15. The van der Waals surface area contributed by atoms with Crippen LogP contribution < -0.4 is 16.0 Å². The summed E-state index contributed by atoms with van der Waals surface area (Å²) in [6.45, 7) is 7.04. The first-order valence-corrected chi connectivity index (χ1v) is 11.8. The first-order chi connectivity index (χ1) is 14.9. The zero-order chi connectivity index (χ0) is 22.1. The molecular weight excluding hydrogens is 412 g/mol. The minimum atomic E-state index is -0.474. The summed E-state index contributed by atoms with van der Waals surface area (Å²) in [6, 6.07) is 8.52. The van der Waals surface area contributed by atoms with E-state index in [1.54, 1.807) is 17.6 Å². The lowest BCUT2D eigenvalue weighted by atomic mass is 9.91. The van der Waals surface area contributed by atoms with Crippen molar-refractivity contribution in [2.24, 2.45) is 4.99 Å². The summed E-state index contributed by atoms with van der Waals surface area (Å²) in [4.78, 5) is 18.0. The average molecular weight is 447 g/mol. The standard InChI is InChI=1S/C23H34N4O3S/c1-23(2,3)30-22(28)27-18-10-8-17(9-11-18)26-21(25-16-20-7-5-15-31-20)24-13-12-19-6-4-14-29-19/h4-7,14-15,17-18H,8-13,16H2,1-3H3,(H,27,28)(H2,24,25,26). The van der Waals surface area contributed by atoms with Crippen LogP contribution in [-0.2, 0) is 17.7 Å². The van der Waals surface area contributed by atoms with Gasteiger partial charge >= 0.3 is 6.09 Å². The Morgan fingerprint density at radius 3 is 2.52 bits per heavy atom. The smallest absolute Gasteiger partial charge is 0.407 e. The molecule has 0 bridgehead atoms. The summed E-state index contributed by atoms with van der Waals surface area (Å²) in [5.74, 6) is 1.78.